The average molecular weight is 403 g/mol. The van der Waals surface area contributed by atoms with Crippen LogP contribution in [0.2, 0.25) is 0 Å². The molecule has 1 aromatic heterocycles. The minimum atomic E-state index is -5.08. The van der Waals surface area contributed by atoms with Crippen molar-refractivity contribution in [3.63, 3.8) is 0 Å². The molecule has 0 spiro atoms. The number of alkyl halides is 3. The van der Waals surface area contributed by atoms with Gasteiger partial charge in [-0.05, 0) is 11.6 Å². The summed E-state index contributed by atoms with van der Waals surface area (Å²) in [4.78, 5) is 20.7. The number of aromatic carboxylic acids is 1. The molecule has 0 bridgehead atoms. The Morgan fingerprint density at radius 2 is 1.69 bits per heavy atom. The number of nitrogens with zero attached hydrogens (tertiary/aromatic N) is 1. The molecule has 0 aliphatic heterocycles. The van der Waals surface area contributed by atoms with Crippen molar-refractivity contribution in [3.8, 4) is 0 Å². The number of allylic oxidation sites excluding steroid dienone is 2. The fourth-order valence-electron chi connectivity index (χ4n) is 2.87. The van der Waals surface area contributed by atoms with E-state index in [2.05, 4.69) is 6.58 Å². The number of carboxylic acid groups (broad SMARTS) is 2. The zero-order valence-corrected chi connectivity index (χ0v) is 15.2. The predicted molar refractivity (Wildman–Crippen MR) is 99.9 cm³/mol. The van der Waals surface area contributed by atoms with Crippen LogP contribution in [0, 0.1) is 0 Å². The maximum Gasteiger partial charge on any atom is 0.490 e. The Labute approximate surface area is 163 Å². The van der Waals surface area contributed by atoms with Crippen molar-refractivity contribution in [1.29, 1.82) is 0 Å². The molecule has 3 aromatic rings. The van der Waals surface area contributed by atoms with Gasteiger partial charge in [0, 0.05) is 17.7 Å². The highest BCUT2D eigenvalue weighted by molar-refractivity contribution is 6.13. The Morgan fingerprint density at radius 3 is 2.24 bits per heavy atom. The number of carbonyl (C=O) groups excluding carboxylic acids is 1. The van der Waals surface area contributed by atoms with E-state index in [9.17, 15) is 23.1 Å². The first-order valence-corrected chi connectivity index (χ1v) is 8.23. The molecule has 5 nitrogen and oxygen atoms in total. The fraction of sp³-hybridized carbons (Fsp3) is 0.0952. The number of carbonyl (C=O) groups is 2. The molecule has 0 aliphatic carbocycles. The van der Waals surface area contributed by atoms with Gasteiger partial charge in [0.05, 0.1) is 16.7 Å². The third-order valence-electron chi connectivity index (χ3n) is 4.08. The van der Waals surface area contributed by atoms with Crippen LogP contribution in [0.15, 0.2) is 61.2 Å². The lowest BCUT2D eigenvalue weighted by atomic mass is 9.97. The van der Waals surface area contributed by atoms with Crippen molar-refractivity contribution in [3.05, 3.63) is 72.3 Å². The summed E-state index contributed by atoms with van der Waals surface area (Å²) in [6, 6.07) is 13.2. The molecule has 0 fully saturated rings. The average Bonchev–Trinajstić information content (AvgIpc) is 2.66. The van der Waals surface area contributed by atoms with Gasteiger partial charge in [0.2, 0.25) is 11.0 Å². The Morgan fingerprint density at radius 1 is 1.10 bits per heavy atom. The normalized spacial score (nSPS) is 11.3. The number of aryl methyl sites for hydroxylation is 1. The molecule has 0 amide bonds. The van der Waals surface area contributed by atoms with Gasteiger partial charge in [-0.25, -0.2) is 4.79 Å². The number of rotatable bonds is 3. The van der Waals surface area contributed by atoms with Crippen LogP contribution in [-0.2, 0) is 11.8 Å². The largest absolute Gasteiger partial charge is 0.545 e. The summed E-state index contributed by atoms with van der Waals surface area (Å²) < 4.78 is 33.7. The van der Waals surface area contributed by atoms with Gasteiger partial charge in [-0.3, -0.25) is 0 Å². The van der Waals surface area contributed by atoms with Crippen LogP contribution in [0.1, 0.15) is 15.9 Å². The Bertz CT molecular complexity index is 1130. The van der Waals surface area contributed by atoms with Gasteiger partial charge in [-0.2, -0.15) is 17.7 Å². The van der Waals surface area contributed by atoms with Crippen molar-refractivity contribution < 1.29 is 37.5 Å². The number of aliphatic carboxylic acids is 1. The zero-order valence-electron chi connectivity index (χ0n) is 15.2. The first-order valence-electron chi connectivity index (χ1n) is 8.23. The zero-order chi connectivity index (χ0) is 21.8. The lowest BCUT2D eigenvalue weighted by Crippen LogP contribution is -2.33. The summed E-state index contributed by atoms with van der Waals surface area (Å²) in [7, 11) is 1.94. The molecular formula is C21H16F3NO4. The number of halogens is 3. The number of benzene rings is 2. The van der Waals surface area contributed by atoms with Gasteiger partial charge < -0.3 is 15.0 Å². The van der Waals surface area contributed by atoms with E-state index in [1.807, 2.05) is 60.2 Å². The van der Waals surface area contributed by atoms with Gasteiger partial charge >= 0.3 is 12.1 Å². The molecule has 0 radical (unpaired) electrons. The Kier molecular flexibility index (Phi) is 6.38. The number of carboxylic acids is 2. The molecule has 2 aromatic carbocycles. The van der Waals surface area contributed by atoms with Crippen LogP contribution in [0.3, 0.4) is 0 Å². The lowest BCUT2D eigenvalue weighted by Gasteiger charge is -2.12. The molecule has 0 saturated carbocycles. The van der Waals surface area contributed by atoms with Crippen LogP contribution < -0.4 is 9.67 Å². The Balaban J connectivity index is 0.000000370. The van der Waals surface area contributed by atoms with E-state index in [-0.39, 0.29) is 5.56 Å². The van der Waals surface area contributed by atoms with E-state index >= 15 is 0 Å². The van der Waals surface area contributed by atoms with Gasteiger partial charge in [0.25, 0.3) is 0 Å². The van der Waals surface area contributed by atoms with E-state index in [1.54, 1.807) is 12.2 Å². The summed E-state index contributed by atoms with van der Waals surface area (Å²) in [5.41, 5.74) is 2.77. The SMILES string of the molecule is C=C/C=C/c1cccc2c1c(C(=O)[O-])c1ccccc1[n+]2C.O=C(O)C(F)(F)F. The minimum Gasteiger partial charge on any atom is -0.545 e. The second-order valence-electron chi connectivity index (χ2n) is 5.88. The van der Waals surface area contributed by atoms with Crippen molar-refractivity contribution in [2.24, 2.45) is 7.05 Å². The molecule has 0 saturated heterocycles. The smallest absolute Gasteiger partial charge is 0.490 e. The monoisotopic (exact) mass is 403 g/mol. The molecule has 0 aliphatic rings. The van der Waals surface area contributed by atoms with Gasteiger partial charge in [-0.1, -0.05) is 49.1 Å². The molecule has 3 rings (SSSR count). The van der Waals surface area contributed by atoms with Crippen molar-refractivity contribution >= 4 is 39.8 Å². The van der Waals surface area contributed by atoms with Crippen molar-refractivity contribution in [2.75, 3.05) is 0 Å². The number of hydrogen-bond acceptors (Lipinski definition) is 3. The van der Waals surface area contributed by atoms with E-state index in [0.29, 0.717) is 10.8 Å². The fourth-order valence-corrected chi connectivity index (χ4v) is 2.87. The van der Waals surface area contributed by atoms with Crippen LogP contribution in [0.25, 0.3) is 27.9 Å². The molecule has 1 heterocycles. The number of hydrogen-bond donors (Lipinski definition) is 1. The third kappa shape index (κ3) is 4.60. The Hall–Kier alpha value is -3.68. The molecule has 150 valence electrons. The summed E-state index contributed by atoms with van der Waals surface area (Å²) in [6.45, 7) is 3.66. The highest BCUT2D eigenvalue weighted by atomic mass is 19.4. The second-order valence-corrected chi connectivity index (χ2v) is 5.88. The predicted octanol–water partition coefficient (Wildman–Crippen LogP) is 3.01. The topological polar surface area (TPSA) is 81.3 Å². The maximum absolute atomic E-state index is 11.8. The molecule has 8 heteroatoms. The molecule has 1 N–H and O–H groups in total. The molecular weight excluding hydrogens is 387 g/mol. The number of fused-ring (bicyclic) bond motifs is 2. The third-order valence-corrected chi connectivity index (χ3v) is 4.08. The van der Waals surface area contributed by atoms with E-state index in [1.165, 1.54) is 0 Å². The second kappa shape index (κ2) is 8.55. The minimum absolute atomic E-state index is 0.230. The number of para-hydroxylation sites is 1. The van der Waals surface area contributed by atoms with Gasteiger partial charge in [0.1, 0.15) is 7.05 Å². The number of aromatic nitrogens is 1. The van der Waals surface area contributed by atoms with Crippen LogP contribution in [-0.4, -0.2) is 23.2 Å². The highest BCUT2D eigenvalue weighted by Gasteiger charge is 2.38. The molecule has 0 atom stereocenters. The van der Waals surface area contributed by atoms with Crippen LogP contribution in [0.4, 0.5) is 13.2 Å². The van der Waals surface area contributed by atoms with E-state index < -0.39 is 18.1 Å². The first-order chi connectivity index (χ1) is 13.6. The molecule has 29 heavy (non-hydrogen) atoms. The van der Waals surface area contributed by atoms with E-state index in [4.69, 9.17) is 9.90 Å². The first kappa shape index (κ1) is 21.6. The quantitative estimate of drug-likeness (QED) is 0.414. The molecule has 0 unspecified atom stereocenters. The van der Waals surface area contributed by atoms with Gasteiger partial charge in [-0.15, -0.1) is 0 Å². The van der Waals surface area contributed by atoms with Crippen molar-refractivity contribution in [2.45, 2.75) is 6.18 Å². The summed E-state index contributed by atoms with van der Waals surface area (Å²) in [6.07, 6.45) is 0.234. The standard InChI is InChI=1S/C19H15NO2.C2HF3O2/c1-3-4-8-13-9-7-12-16-17(13)18(19(21)22)14-10-5-6-11-15(14)20(16)2;3-2(4,5)1(6)7/h3-12H,1H2,2H3;(H,6,7)/b8-4+;. The maximum atomic E-state index is 11.8. The van der Waals surface area contributed by atoms with Gasteiger partial charge in [0.15, 0.2) is 0 Å². The lowest BCUT2D eigenvalue weighted by molar-refractivity contribution is -0.617. The summed E-state index contributed by atoms with van der Waals surface area (Å²) >= 11 is 0. The number of pyridine rings is 1. The van der Waals surface area contributed by atoms with Crippen molar-refractivity contribution in [1.82, 2.24) is 0 Å². The van der Waals surface area contributed by atoms with Crippen LogP contribution in [0.5, 0.6) is 0 Å². The highest BCUT2D eigenvalue weighted by Crippen LogP contribution is 2.27. The summed E-state index contributed by atoms with van der Waals surface area (Å²) in [5, 5.41) is 20.3. The van der Waals surface area contributed by atoms with E-state index in [0.717, 1.165) is 16.6 Å². The summed E-state index contributed by atoms with van der Waals surface area (Å²) in [5.74, 6) is -3.92. The van der Waals surface area contributed by atoms with Crippen LogP contribution >= 0.6 is 0 Å².